The van der Waals surface area contributed by atoms with Gasteiger partial charge in [-0.25, -0.2) is 0 Å². The third-order valence-corrected chi connectivity index (χ3v) is 3.37. The summed E-state index contributed by atoms with van der Waals surface area (Å²) in [4.78, 5) is 23.4. The van der Waals surface area contributed by atoms with E-state index in [0.29, 0.717) is 11.6 Å². The molecule has 108 valence electrons. The lowest BCUT2D eigenvalue weighted by atomic mass is 9.87. The molecular weight excluding hydrogens is 252 g/mol. The fraction of sp³-hybridized carbons (Fsp3) is 0.500. The summed E-state index contributed by atoms with van der Waals surface area (Å²) < 4.78 is 0. The molecule has 0 saturated heterocycles. The minimum Gasteiger partial charge on any atom is -0.352 e. The van der Waals surface area contributed by atoms with Gasteiger partial charge in [-0.1, -0.05) is 32.9 Å². The molecule has 1 aromatic carbocycles. The molecule has 2 amide bonds. The quantitative estimate of drug-likeness (QED) is 0.882. The van der Waals surface area contributed by atoms with Gasteiger partial charge < -0.3 is 10.6 Å². The van der Waals surface area contributed by atoms with E-state index in [1.165, 1.54) is 5.56 Å². The maximum Gasteiger partial charge on any atom is 0.251 e. The first-order valence-electron chi connectivity index (χ1n) is 7.04. The Hall–Kier alpha value is -1.84. The third-order valence-electron chi connectivity index (χ3n) is 3.37. The van der Waals surface area contributed by atoms with Crippen LogP contribution in [0.15, 0.2) is 24.3 Å². The first-order valence-corrected chi connectivity index (χ1v) is 7.04. The van der Waals surface area contributed by atoms with Crippen molar-refractivity contribution in [2.45, 2.75) is 45.1 Å². The van der Waals surface area contributed by atoms with E-state index in [-0.39, 0.29) is 23.8 Å². The second kappa shape index (κ2) is 5.65. The molecule has 0 aliphatic heterocycles. The lowest BCUT2D eigenvalue weighted by Gasteiger charge is -2.19. The molecule has 0 aromatic heterocycles. The van der Waals surface area contributed by atoms with E-state index in [4.69, 9.17) is 0 Å². The summed E-state index contributed by atoms with van der Waals surface area (Å²) in [5.41, 5.74) is 1.83. The number of nitrogens with one attached hydrogen (secondary N) is 2. The van der Waals surface area contributed by atoms with Gasteiger partial charge in [0.05, 0.1) is 6.54 Å². The van der Waals surface area contributed by atoms with Crippen LogP contribution in [0.3, 0.4) is 0 Å². The van der Waals surface area contributed by atoms with Crippen LogP contribution < -0.4 is 10.6 Å². The normalized spacial score (nSPS) is 14.8. The molecule has 0 heterocycles. The largest absolute Gasteiger partial charge is 0.352 e. The summed E-state index contributed by atoms with van der Waals surface area (Å²) in [5.74, 6) is -0.330. The molecule has 1 aromatic rings. The summed E-state index contributed by atoms with van der Waals surface area (Å²) in [5, 5.41) is 5.48. The van der Waals surface area contributed by atoms with Gasteiger partial charge >= 0.3 is 0 Å². The second-order valence-electron chi connectivity index (χ2n) is 6.35. The van der Waals surface area contributed by atoms with Crippen molar-refractivity contribution in [1.29, 1.82) is 0 Å². The summed E-state index contributed by atoms with van der Waals surface area (Å²) in [6.07, 6.45) is 2.10. The average molecular weight is 274 g/mol. The minimum absolute atomic E-state index is 0.0381. The lowest BCUT2D eigenvalue weighted by Crippen LogP contribution is -2.37. The first-order chi connectivity index (χ1) is 9.36. The monoisotopic (exact) mass is 274 g/mol. The van der Waals surface area contributed by atoms with E-state index >= 15 is 0 Å². The van der Waals surface area contributed by atoms with Crippen molar-refractivity contribution in [2.75, 3.05) is 6.54 Å². The van der Waals surface area contributed by atoms with Gasteiger partial charge in [-0.3, -0.25) is 9.59 Å². The zero-order valence-electron chi connectivity index (χ0n) is 12.3. The molecule has 0 spiro atoms. The Morgan fingerprint density at radius 1 is 1.15 bits per heavy atom. The SMILES string of the molecule is CC(C)(C)c1ccc(C(=O)NCC(=O)NC2CC2)cc1. The number of amides is 2. The fourth-order valence-electron chi connectivity index (χ4n) is 1.89. The van der Waals surface area contributed by atoms with E-state index < -0.39 is 0 Å². The van der Waals surface area contributed by atoms with Crippen molar-refractivity contribution < 1.29 is 9.59 Å². The first kappa shape index (κ1) is 14.6. The molecule has 0 atom stereocenters. The third kappa shape index (κ3) is 4.08. The molecular formula is C16H22N2O2. The molecule has 4 nitrogen and oxygen atoms in total. The number of carbonyl (C=O) groups excluding carboxylic acids is 2. The van der Waals surface area contributed by atoms with Gasteiger partial charge in [0.25, 0.3) is 5.91 Å². The van der Waals surface area contributed by atoms with Gasteiger partial charge in [0.1, 0.15) is 0 Å². The Labute approximate surface area is 119 Å². The molecule has 0 bridgehead atoms. The maximum absolute atomic E-state index is 11.9. The van der Waals surface area contributed by atoms with Crippen LogP contribution in [0.4, 0.5) is 0 Å². The summed E-state index contributed by atoms with van der Waals surface area (Å²) >= 11 is 0. The van der Waals surface area contributed by atoms with Crippen molar-refractivity contribution in [1.82, 2.24) is 10.6 Å². The molecule has 1 aliphatic carbocycles. The van der Waals surface area contributed by atoms with Crippen LogP contribution >= 0.6 is 0 Å². The zero-order chi connectivity index (χ0) is 14.8. The molecule has 0 radical (unpaired) electrons. The van der Waals surface area contributed by atoms with Gasteiger partial charge in [-0.2, -0.15) is 0 Å². The van der Waals surface area contributed by atoms with Crippen LogP contribution in [-0.4, -0.2) is 24.4 Å². The highest BCUT2D eigenvalue weighted by Crippen LogP contribution is 2.22. The number of carbonyl (C=O) groups is 2. The molecule has 1 fully saturated rings. The van der Waals surface area contributed by atoms with E-state index in [0.717, 1.165) is 12.8 Å². The molecule has 2 N–H and O–H groups in total. The molecule has 0 unspecified atom stereocenters. The predicted molar refractivity (Wildman–Crippen MR) is 78.6 cm³/mol. The van der Waals surface area contributed by atoms with Crippen LogP contribution in [0.5, 0.6) is 0 Å². The molecule has 1 aliphatic rings. The van der Waals surface area contributed by atoms with Gasteiger partial charge in [0.15, 0.2) is 0 Å². The number of benzene rings is 1. The summed E-state index contributed by atoms with van der Waals surface area (Å²) in [6, 6.07) is 7.84. The number of rotatable bonds is 4. The van der Waals surface area contributed by atoms with Crippen LogP contribution in [0.1, 0.15) is 49.5 Å². The minimum atomic E-state index is -0.212. The summed E-state index contributed by atoms with van der Waals surface area (Å²) in [7, 11) is 0. The van der Waals surface area contributed by atoms with E-state index in [2.05, 4.69) is 31.4 Å². The van der Waals surface area contributed by atoms with E-state index in [1.807, 2.05) is 12.1 Å². The van der Waals surface area contributed by atoms with E-state index in [9.17, 15) is 9.59 Å². The zero-order valence-corrected chi connectivity index (χ0v) is 12.3. The smallest absolute Gasteiger partial charge is 0.251 e. The molecule has 1 saturated carbocycles. The highest BCUT2D eigenvalue weighted by Gasteiger charge is 2.23. The summed E-state index contributed by atoms with van der Waals surface area (Å²) in [6.45, 7) is 6.43. The van der Waals surface area contributed by atoms with E-state index in [1.54, 1.807) is 12.1 Å². The van der Waals surface area contributed by atoms with Gasteiger partial charge in [-0.05, 0) is 36.0 Å². The van der Waals surface area contributed by atoms with Crippen LogP contribution in [-0.2, 0) is 10.2 Å². The Morgan fingerprint density at radius 2 is 1.75 bits per heavy atom. The Morgan fingerprint density at radius 3 is 2.25 bits per heavy atom. The number of hydrogen-bond donors (Lipinski definition) is 2. The van der Waals surface area contributed by atoms with Crippen molar-refractivity contribution in [2.24, 2.45) is 0 Å². The Kier molecular flexibility index (Phi) is 4.12. The number of hydrogen-bond acceptors (Lipinski definition) is 2. The highest BCUT2D eigenvalue weighted by molar-refractivity contribution is 5.96. The van der Waals surface area contributed by atoms with Gasteiger partial charge in [0.2, 0.25) is 5.91 Å². The molecule has 4 heteroatoms. The molecule has 2 rings (SSSR count). The second-order valence-corrected chi connectivity index (χ2v) is 6.35. The van der Waals surface area contributed by atoms with Crippen LogP contribution in [0.25, 0.3) is 0 Å². The topological polar surface area (TPSA) is 58.2 Å². The van der Waals surface area contributed by atoms with Crippen molar-refractivity contribution >= 4 is 11.8 Å². The average Bonchev–Trinajstić information content (AvgIpc) is 3.19. The fourth-order valence-corrected chi connectivity index (χ4v) is 1.89. The van der Waals surface area contributed by atoms with Crippen molar-refractivity contribution in [3.05, 3.63) is 35.4 Å². The van der Waals surface area contributed by atoms with Gasteiger partial charge in [0, 0.05) is 11.6 Å². The van der Waals surface area contributed by atoms with Crippen molar-refractivity contribution in [3.63, 3.8) is 0 Å². The molecule has 20 heavy (non-hydrogen) atoms. The lowest BCUT2D eigenvalue weighted by molar-refractivity contribution is -0.120. The standard InChI is InChI=1S/C16H22N2O2/c1-16(2,3)12-6-4-11(5-7-12)15(20)17-10-14(19)18-13-8-9-13/h4-7,13H,8-10H2,1-3H3,(H,17,20)(H,18,19). The Bertz CT molecular complexity index is 496. The van der Waals surface area contributed by atoms with Crippen LogP contribution in [0.2, 0.25) is 0 Å². The predicted octanol–water partition coefficient (Wildman–Crippen LogP) is 1.99. The highest BCUT2D eigenvalue weighted by atomic mass is 16.2. The Balaban J connectivity index is 1.87. The van der Waals surface area contributed by atoms with Gasteiger partial charge in [-0.15, -0.1) is 0 Å². The van der Waals surface area contributed by atoms with Crippen LogP contribution in [0, 0.1) is 0 Å². The maximum atomic E-state index is 11.9. The van der Waals surface area contributed by atoms with Crippen molar-refractivity contribution in [3.8, 4) is 0 Å².